The van der Waals surface area contributed by atoms with Gasteiger partial charge in [0, 0.05) is 23.0 Å². The van der Waals surface area contributed by atoms with Crippen molar-refractivity contribution in [3.05, 3.63) is 169 Å². The first-order valence-electron chi connectivity index (χ1n) is 19.3. The molecule has 1 aliphatic heterocycles. The molecule has 0 fully saturated rings. The van der Waals surface area contributed by atoms with Crippen molar-refractivity contribution in [3.63, 3.8) is 0 Å². The first-order valence-corrected chi connectivity index (χ1v) is 19.3. The van der Waals surface area contributed by atoms with Gasteiger partial charge in [-0.15, -0.1) is 0 Å². The van der Waals surface area contributed by atoms with Crippen LogP contribution in [-0.4, -0.2) is 28.0 Å². The molecule has 9 aromatic rings. The number of fused-ring (bicyclic) bond motifs is 6. The summed E-state index contributed by atoms with van der Waals surface area (Å²) in [5, 5.41) is 2.37. The van der Waals surface area contributed by atoms with Gasteiger partial charge in [-0.05, 0) is 91.3 Å². The summed E-state index contributed by atoms with van der Waals surface area (Å²) >= 11 is 0. The van der Waals surface area contributed by atoms with E-state index in [1.54, 1.807) is 0 Å². The van der Waals surface area contributed by atoms with Gasteiger partial charge in [0.1, 0.15) is 11.5 Å². The molecule has 0 saturated carbocycles. The van der Waals surface area contributed by atoms with E-state index in [0.29, 0.717) is 0 Å². The largest absolute Gasteiger partial charge is 0.458 e. The van der Waals surface area contributed by atoms with Gasteiger partial charge in [0.15, 0.2) is 5.82 Å². The molecule has 6 nitrogen and oxygen atoms in total. The molecule has 272 valence electrons. The summed E-state index contributed by atoms with van der Waals surface area (Å²) in [6.45, 7) is 11.3. The monoisotopic (exact) mass is 727 g/mol. The standard InChI is InChI=1S/C49H42BN5O/c1-32-15-12-16-33(2)45(32)50-41-22-14-21-39-38-26-25-37(30-44(38)55(46(39)41)48-47(52(50)6)40(27-28-51-48)49(3,4)5)56-36-20-13-19-35(29-36)54-31-53(34-17-8-7-9-18-34)42-23-10-11-24-43(42)54/h7-30H,1-6H3. The SMILES string of the molecule is Cc1cccc(C)c1B1c2cccc3c4ccc(Oc5cccc(-n6[c-][n+](-c7ccccc7)c7ccccc76)c5)cc4n(c23)-c2nccc(C(C)(C)C)c2N1C. The Hall–Kier alpha value is -6.60. The smallest absolute Gasteiger partial charge is 0.326 e. The Kier molecular flexibility index (Phi) is 7.72. The quantitative estimate of drug-likeness (QED) is 0.101. The molecule has 10 rings (SSSR count). The zero-order chi connectivity index (χ0) is 38.3. The van der Waals surface area contributed by atoms with Crippen molar-refractivity contribution in [2.45, 2.75) is 40.0 Å². The van der Waals surface area contributed by atoms with E-state index in [-0.39, 0.29) is 12.3 Å². The van der Waals surface area contributed by atoms with Gasteiger partial charge < -0.3 is 9.55 Å². The third-order valence-electron chi connectivity index (χ3n) is 11.5. The van der Waals surface area contributed by atoms with Gasteiger partial charge in [-0.3, -0.25) is 13.7 Å². The fraction of sp³-hybridized carbons (Fsp3) is 0.143. The van der Waals surface area contributed by atoms with E-state index in [1.165, 1.54) is 43.9 Å². The first-order chi connectivity index (χ1) is 27.2. The minimum Gasteiger partial charge on any atom is -0.458 e. The highest BCUT2D eigenvalue weighted by atomic mass is 16.5. The molecule has 0 unspecified atom stereocenters. The summed E-state index contributed by atoms with van der Waals surface area (Å²) < 4.78 is 13.4. The van der Waals surface area contributed by atoms with Crippen LogP contribution in [0, 0.1) is 20.2 Å². The Labute approximate surface area is 328 Å². The number of hydrogen-bond donors (Lipinski definition) is 0. The van der Waals surface area contributed by atoms with Crippen LogP contribution >= 0.6 is 0 Å². The fourth-order valence-electron chi connectivity index (χ4n) is 8.93. The van der Waals surface area contributed by atoms with Crippen molar-refractivity contribution in [2.24, 2.45) is 0 Å². The van der Waals surface area contributed by atoms with E-state index < -0.39 is 0 Å². The Morgan fingerprint density at radius 3 is 2.23 bits per heavy atom. The topological polar surface area (TPSA) is 39.1 Å². The van der Waals surface area contributed by atoms with Crippen LogP contribution in [0.1, 0.15) is 37.5 Å². The van der Waals surface area contributed by atoms with Crippen LogP contribution < -0.4 is 25.0 Å². The summed E-state index contributed by atoms with van der Waals surface area (Å²) in [4.78, 5) is 7.68. The molecular weight excluding hydrogens is 685 g/mol. The normalized spacial score (nSPS) is 12.8. The zero-order valence-corrected chi connectivity index (χ0v) is 32.6. The highest BCUT2D eigenvalue weighted by molar-refractivity contribution is 6.90. The Morgan fingerprint density at radius 2 is 1.43 bits per heavy atom. The van der Waals surface area contributed by atoms with Crippen LogP contribution in [0.25, 0.3) is 50.0 Å². The maximum atomic E-state index is 6.76. The fourth-order valence-corrected chi connectivity index (χ4v) is 8.93. The lowest BCUT2D eigenvalue weighted by atomic mass is 9.47. The molecular formula is C49H42BN5O. The van der Waals surface area contributed by atoms with Crippen LogP contribution in [0.3, 0.4) is 0 Å². The van der Waals surface area contributed by atoms with Crippen LogP contribution in [0.5, 0.6) is 11.5 Å². The van der Waals surface area contributed by atoms with Gasteiger partial charge in [-0.25, -0.2) is 4.98 Å². The number of aromatic nitrogens is 4. The summed E-state index contributed by atoms with van der Waals surface area (Å²) in [5.41, 5.74) is 13.8. The van der Waals surface area contributed by atoms with Crippen molar-refractivity contribution in [2.75, 3.05) is 11.9 Å². The second kappa shape index (κ2) is 12.7. The molecule has 3 aromatic heterocycles. The Bertz CT molecular complexity index is 2970. The molecule has 0 amide bonds. The lowest BCUT2D eigenvalue weighted by molar-refractivity contribution is -0.572. The molecule has 1 aliphatic rings. The van der Waals surface area contributed by atoms with Gasteiger partial charge in [0.05, 0.1) is 39.1 Å². The number of rotatable bonds is 5. The minimum absolute atomic E-state index is 0.0184. The first kappa shape index (κ1) is 33.9. The number of benzene rings is 6. The Morgan fingerprint density at radius 1 is 0.696 bits per heavy atom. The molecule has 0 spiro atoms. The zero-order valence-electron chi connectivity index (χ0n) is 32.6. The summed E-state index contributed by atoms with van der Waals surface area (Å²) in [6, 6.07) is 49.1. The number of aryl methyl sites for hydroxylation is 2. The summed E-state index contributed by atoms with van der Waals surface area (Å²) in [6.07, 6.45) is 5.57. The van der Waals surface area contributed by atoms with E-state index in [1.807, 2.05) is 24.4 Å². The second-order valence-electron chi connectivity index (χ2n) is 16.1. The maximum Gasteiger partial charge on any atom is 0.326 e. The van der Waals surface area contributed by atoms with Gasteiger partial charge in [-0.2, -0.15) is 0 Å². The number of imidazole rings is 1. The molecule has 0 bridgehead atoms. The van der Waals surface area contributed by atoms with Gasteiger partial charge in [0.2, 0.25) is 0 Å². The molecule has 0 aliphatic carbocycles. The third kappa shape index (κ3) is 5.25. The molecule has 0 radical (unpaired) electrons. The average Bonchev–Trinajstić information content (AvgIpc) is 3.72. The predicted molar refractivity (Wildman–Crippen MR) is 230 cm³/mol. The number of pyridine rings is 1. The minimum atomic E-state index is -0.118. The molecule has 6 aromatic carbocycles. The number of hydrogen-bond acceptors (Lipinski definition) is 3. The molecule has 56 heavy (non-hydrogen) atoms. The van der Waals surface area contributed by atoms with Crippen molar-refractivity contribution in [1.82, 2.24) is 14.1 Å². The number of ether oxygens (including phenoxy) is 1. The summed E-state index contributed by atoms with van der Waals surface area (Å²) in [5.74, 6) is 2.44. The van der Waals surface area contributed by atoms with Crippen molar-refractivity contribution in [3.8, 4) is 28.7 Å². The van der Waals surface area contributed by atoms with E-state index in [9.17, 15) is 0 Å². The van der Waals surface area contributed by atoms with Crippen LogP contribution in [-0.2, 0) is 5.41 Å². The van der Waals surface area contributed by atoms with Crippen molar-refractivity contribution >= 4 is 56.3 Å². The van der Waals surface area contributed by atoms with E-state index in [0.717, 1.165) is 50.9 Å². The highest BCUT2D eigenvalue weighted by Crippen LogP contribution is 2.42. The Balaban J connectivity index is 1.15. The van der Waals surface area contributed by atoms with Crippen molar-refractivity contribution < 1.29 is 9.30 Å². The lowest BCUT2D eigenvalue weighted by Crippen LogP contribution is -2.57. The van der Waals surface area contributed by atoms with Crippen LogP contribution in [0.15, 0.2) is 146 Å². The van der Waals surface area contributed by atoms with E-state index >= 15 is 0 Å². The highest BCUT2D eigenvalue weighted by Gasteiger charge is 2.38. The summed E-state index contributed by atoms with van der Waals surface area (Å²) in [7, 11) is 2.24. The van der Waals surface area contributed by atoms with E-state index in [2.05, 4.69) is 188 Å². The average molecular weight is 728 g/mol. The molecule has 0 saturated heterocycles. The third-order valence-corrected chi connectivity index (χ3v) is 11.5. The predicted octanol–water partition coefficient (Wildman–Crippen LogP) is 9.46. The van der Waals surface area contributed by atoms with Gasteiger partial charge in [0.25, 0.3) is 6.33 Å². The lowest BCUT2D eigenvalue weighted by Gasteiger charge is -2.34. The number of para-hydroxylation sites is 4. The van der Waals surface area contributed by atoms with Crippen LogP contribution in [0.4, 0.5) is 5.69 Å². The number of nitrogens with zero attached hydrogens (tertiary/aromatic N) is 5. The second-order valence-corrected chi connectivity index (χ2v) is 16.1. The molecule has 4 heterocycles. The van der Waals surface area contributed by atoms with Gasteiger partial charge in [-0.1, -0.05) is 117 Å². The van der Waals surface area contributed by atoms with Crippen LogP contribution in [0.2, 0.25) is 0 Å². The maximum absolute atomic E-state index is 6.76. The van der Waals surface area contributed by atoms with Crippen molar-refractivity contribution in [1.29, 1.82) is 0 Å². The molecule has 0 atom stereocenters. The molecule has 7 heteroatoms. The van der Waals surface area contributed by atoms with Gasteiger partial charge >= 0.3 is 6.85 Å². The van der Waals surface area contributed by atoms with E-state index in [4.69, 9.17) is 9.72 Å². The molecule has 0 N–H and O–H groups in total. The number of anilines is 1.